The van der Waals surface area contributed by atoms with Gasteiger partial charge in [-0.05, 0) is 29.7 Å². The number of benzene rings is 1. The van der Waals surface area contributed by atoms with Crippen molar-refractivity contribution in [3.8, 4) is 0 Å². The Balaban J connectivity index is 3.02. The van der Waals surface area contributed by atoms with E-state index in [-0.39, 0.29) is 13.2 Å². The lowest BCUT2D eigenvalue weighted by molar-refractivity contribution is 0.275. The molecule has 0 spiro atoms. The van der Waals surface area contributed by atoms with Crippen LogP contribution in [0, 0.1) is 13.0 Å². The van der Waals surface area contributed by atoms with Crippen LogP contribution in [0.25, 0.3) is 0 Å². The Morgan fingerprint density at radius 3 is 2.55 bits per heavy atom. The van der Waals surface area contributed by atoms with E-state index in [0.29, 0.717) is 0 Å². The lowest BCUT2D eigenvalue weighted by Crippen LogP contribution is -1.90. The summed E-state index contributed by atoms with van der Waals surface area (Å²) in [5.41, 5.74) is 2.50. The molecule has 2 heteroatoms. The Bertz CT molecular complexity index is 221. The molecular formula is C9H11O2. The molecule has 11 heavy (non-hydrogen) atoms. The summed E-state index contributed by atoms with van der Waals surface area (Å²) >= 11 is 0. The SMILES string of the molecule is Cc1[c]c(CO)cc(CO)c1. The summed E-state index contributed by atoms with van der Waals surface area (Å²) in [6, 6.07) is 6.56. The molecule has 1 radical (unpaired) electrons. The second-order valence-corrected chi connectivity index (χ2v) is 2.51. The Labute approximate surface area is 66.1 Å². The zero-order chi connectivity index (χ0) is 8.27. The average molecular weight is 151 g/mol. The molecule has 59 valence electrons. The number of aryl methyl sites for hydroxylation is 1. The quantitative estimate of drug-likeness (QED) is 0.655. The maximum absolute atomic E-state index is 8.79. The van der Waals surface area contributed by atoms with Crippen LogP contribution in [0.2, 0.25) is 0 Å². The number of hydrogen-bond acceptors (Lipinski definition) is 2. The lowest BCUT2D eigenvalue weighted by Gasteiger charge is -2.01. The molecule has 0 fully saturated rings. The Kier molecular flexibility index (Phi) is 2.63. The molecule has 0 aliphatic carbocycles. The maximum Gasteiger partial charge on any atom is 0.0688 e. The predicted octanol–water partition coefficient (Wildman–Crippen LogP) is 0.780. The van der Waals surface area contributed by atoms with Crippen LogP contribution in [-0.4, -0.2) is 10.2 Å². The molecule has 0 aromatic heterocycles. The van der Waals surface area contributed by atoms with Crippen LogP contribution in [0.4, 0.5) is 0 Å². The zero-order valence-electron chi connectivity index (χ0n) is 6.46. The average Bonchev–Trinajstić information content (AvgIpc) is 2.03. The van der Waals surface area contributed by atoms with Gasteiger partial charge in [-0.15, -0.1) is 0 Å². The second-order valence-electron chi connectivity index (χ2n) is 2.51. The van der Waals surface area contributed by atoms with Gasteiger partial charge in [0.05, 0.1) is 13.2 Å². The van der Waals surface area contributed by atoms with E-state index in [1.165, 1.54) is 0 Å². The largest absolute Gasteiger partial charge is 0.392 e. The topological polar surface area (TPSA) is 40.5 Å². The summed E-state index contributed by atoms with van der Waals surface area (Å²) in [4.78, 5) is 0. The maximum atomic E-state index is 8.79. The minimum atomic E-state index is -0.0192. The minimum Gasteiger partial charge on any atom is -0.392 e. The highest BCUT2D eigenvalue weighted by atomic mass is 16.3. The van der Waals surface area contributed by atoms with Crippen molar-refractivity contribution in [3.05, 3.63) is 34.9 Å². The normalized spacial score (nSPS) is 10.1. The minimum absolute atomic E-state index is 0.0164. The van der Waals surface area contributed by atoms with Crippen molar-refractivity contribution in [2.24, 2.45) is 0 Å². The van der Waals surface area contributed by atoms with E-state index in [1.54, 1.807) is 6.07 Å². The number of hydrogen-bond donors (Lipinski definition) is 2. The van der Waals surface area contributed by atoms with Gasteiger partial charge in [-0.25, -0.2) is 0 Å². The molecule has 0 aliphatic heterocycles. The molecular weight excluding hydrogens is 140 g/mol. The van der Waals surface area contributed by atoms with Crippen molar-refractivity contribution in [2.45, 2.75) is 20.1 Å². The van der Waals surface area contributed by atoms with E-state index < -0.39 is 0 Å². The Morgan fingerprint density at radius 2 is 2.00 bits per heavy atom. The molecule has 0 saturated heterocycles. The highest BCUT2D eigenvalue weighted by molar-refractivity contribution is 5.27. The fourth-order valence-corrected chi connectivity index (χ4v) is 1.05. The molecule has 0 saturated carbocycles. The third-order valence-corrected chi connectivity index (χ3v) is 1.47. The molecule has 0 heterocycles. The highest BCUT2D eigenvalue weighted by Gasteiger charge is 1.96. The highest BCUT2D eigenvalue weighted by Crippen LogP contribution is 2.08. The molecule has 0 bridgehead atoms. The molecule has 1 rings (SSSR count). The summed E-state index contributed by atoms with van der Waals surface area (Å²) in [5.74, 6) is 0. The van der Waals surface area contributed by atoms with E-state index in [2.05, 4.69) is 6.07 Å². The Hall–Kier alpha value is -0.860. The first-order chi connectivity index (χ1) is 5.26. The molecule has 0 unspecified atom stereocenters. The summed E-state index contributed by atoms with van der Waals surface area (Å²) in [6.07, 6.45) is 0. The lowest BCUT2D eigenvalue weighted by atomic mass is 10.1. The van der Waals surface area contributed by atoms with Crippen molar-refractivity contribution in [1.29, 1.82) is 0 Å². The van der Waals surface area contributed by atoms with Gasteiger partial charge in [0.1, 0.15) is 0 Å². The van der Waals surface area contributed by atoms with Crippen LogP contribution in [0.15, 0.2) is 12.1 Å². The number of aliphatic hydroxyl groups is 2. The van der Waals surface area contributed by atoms with Crippen molar-refractivity contribution in [1.82, 2.24) is 0 Å². The van der Waals surface area contributed by atoms with Crippen LogP contribution in [0.1, 0.15) is 16.7 Å². The molecule has 0 aliphatic rings. The summed E-state index contributed by atoms with van der Waals surface area (Å²) in [6.45, 7) is 1.88. The van der Waals surface area contributed by atoms with E-state index in [0.717, 1.165) is 16.7 Å². The van der Waals surface area contributed by atoms with Gasteiger partial charge in [0.2, 0.25) is 0 Å². The third kappa shape index (κ3) is 2.03. The summed E-state index contributed by atoms with van der Waals surface area (Å²) < 4.78 is 0. The molecule has 2 nitrogen and oxygen atoms in total. The van der Waals surface area contributed by atoms with Gasteiger partial charge in [-0.1, -0.05) is 12.1 Å². The van der Waals surface area contributed by atoms with Crippen molar-refractivity contribution < 1.29 is 10.2 Å². The second kappa shape index (κ2) is 3.51. The first-order valence-electron chi connectivity index (χ1n) is 3.49. The van der Waals surface area contributed by atoms with E-state index >= 15 is 0 Å². The first kappa shape index (κ1) is 8.24. The fourth-order valence-electron chi connectivity index (χ4n) is 1.05. The van der Waals surface area contributed by atoms with Crippen molar-refractivity contribution in [2.75, 3.05) is 0 Å². The fraction of sp³-hybridized carbons (Fsp3) is 0.333. The van der Waals surface area contributed by atoms with Gasteiger partial charge in [0.25, 0.3) is 0 Å². The molecule has 1 aromatic rings. The van der Waals surface area contributed by atoms with Crippen LogP contribution in [-0.2, 0) is 13.2 Å². The molecule has 1 aromatic carbocycles. The van der Waals surface area contributed by atoms with Crippen molar-refractivity contribution in [3.63, 3.8) is 0 Å². The summed E-state index contributed by atoms with van der Waals surface area (Å²) in [5, 5.41) is 17.6. The van der Waals surface area contributed by atoms with Crippen LogP contribution in [0.5, 0.6) is 0 Å². The summed E-state index contributed by atoms with van der Waals surface area (Å²) in [7, 11) is 0. The molecule has 0 amide bonds. The Morgan fingerprint density at radius 1 is 1.27 bits per heavy atom. The first-order valence-corrected chi connectivity index (χ1v) is 3.49. The smallest absolute Gasteiger partial charge is 0.0688 e. The standard InChI is InChI=1S/C9H11O2/c1-7-2-8(5-10)4-9(3-7)6-11/h2,4,10-11H,5-6H2,1H3. The van der Waals surface area contributed by atoms with Gasteiger partial charge < -0.3 is 10.2 Å². The van der Waals surface area contributed by atoms with Crippen LogP contribution in [0.3, 0.4) is 0 Å². The third-order valence-electron chi connectivity index (χ3n) is 1.47. The van der Waals surface area contributed by atoms with Gasteiger partial charge in [-0.3, -0.25) is 0 Å². The van der Waals surface area contributed by atoms with Crippen molar-refractivity contribution >= 4 is 0 Å². The van der Waals surface area contributed by atoms with Gasteiger partial charge in [0, 0.05) is 0 Å². The monoisotopic (exact) mass is 151 g/mol. The van der Waals surface area contributed by atoms with Crippen LogP contribution >= 0.6 is 0 Å². The van der Waals surface area contributed by atoms with Gasteiger partial charge >= 0.3 is 0 Å². The number of aliphatic hydroxyl groups excluding tert-OH is 2. The van der Waals surface area contributed by atoms with E-state index in [1.807, 2.05) is 13.0 Å². The van der Waals surface area contributed by atoms with Gasteiger partial charge in [0.15, 0.2) is 0 Å². The van der Waals surface area contributed by atoms with E-state index in [4.69, 9.17) is 10.2 Å². The predicted molar refractivity (Wildman–Crippen MR) is 41.9 cm³/mol. The molecule has 0 atom stereocenters. The van der Waals surface area contributed by atoms with Gasteiger partial charge in [-0.2, -0.15) is 0 Å². The van der Waals surface area contributed by atoms with Crippen LogP contribution < -0.4 is 0 Å². The molecule has 2 N–H and O–H groups in total. The van der Waals surface area contributed by atoms with E-state index in [9.17, 15) is 0 Å². The number of rotatable bonds is 2. The zero-order valence-corrected chi connectivity index (χ0v) is 6.46.